The van der Waals surface area contributed by atoms with Crippen LogP contribution < -0.4 is 16.0 Å². The minimum absolute atomic E-state index is 0.0583. The van der Waals surface area contributed by atoms with E-state index in [-0.39, 0.29) is 17.9 Å². The van der Waals surface area contributed by atoms with E-state index in [4.69, 9.17) is 0 Å². The molecule has 0 fully saturated rings. The van der Waals surface area contributed by atoms with Crippen molar-refractivity contribution in [3.05, 3.63) is 52.8 Å². The Kier molecular flexibility index (Phi) is 6.33. The van der Waals surface area contributed by atoms with Gasteiger partial charge in [0, 0.05) is 35.7 Å². The highest BCUT2D eigenvalue weighted by Crippen LogP contribution is 2.21. The largest absolute Gasteiger partial charge is 0.334 e. The smallest absolute Gasteiger partial charge is 0.319 e. The highest BCUT2D eigenvalue weighted by Gasteiger charge is 2.10. The van der Waals surface area contributed by atoms with Crippen LogP contribution in [0.3, 0.4) is 0 Å². The van der Waals surface area contributed by atoms with Crippen molar-refractivity contribution in [3.8, 4) is 0 Å². The number of aryl methyl sites for hydroxylation is 3. The molecule has 3 N–H and O–H groups in total. The van der Waals surface area contributed by atoms with E-state index in [1.165, 1.54) is 0 Å². The second kappa shape index (κ2) is 8.47. The number of urea groups is 1. The average molecular weight is 354 g/mol. The lowest BCUT2D eigenvalue weighted by molar-refractivity contribution is -0.118. The molecule has 6 nitrogen and oxygen atoms in total. The molecule has 0 radical (unpaired) electrons. The molecule has 0 bridgehead atoms. The lowest BCUT2D eigenvalue weighted by atomic mass is 10.1. The van der Waals surface area contributed by atoms with Crippen molar-refractivity contribution in [1.29, 1.82) is 0 Å². The fourth-order valence-electron chi connectivity index (χ4n) is 2.37. The van der Waals surface area contributed by atoms with Gasteiger partial charge >= 0.3 is 6.03 Å². The van der Waals surface area contributed by atoms with Gasteiger partial charge in [-0.3, -0.25) is 9.78 Å². The number of nitrogens with one attached hydrogen (secondary N) is 3. The summed E-state index contributed by atoms with van der Waals surface area (Å²) in [6, 6.07) is 7.10. The van der Waals surface area contributed by atoms with Crippen molar-refractivity contribution in [2.24, 2.45) is 5.92 Å². The molecule has 138 valence electrons. The third-order valence-corrected chi connectivity index (χ3v) is 4.07. The molecular weight excluding hydrogens is 328 g/mol. The van der Waals surface area contributed by atoms with E-state index < -0.39 is 0 Å². The van der Waals surface area contributed by atoms with Crippen LogP contribution in [-0.2, 0) is 11.3 Å². The van der Waals surface area contributed by atoms with Gasteiger partial charge in [-0.25, -0.2) is 4.79 Å². The lowest BCUT2D eigenvalue weighted by Crippen LogP contribution is -2.28. The van der Waals surface area contributed by atoms with E-state index in [2.05, 4.69) is 20.9 Å². The van der Waals surface area contributed by atoms with Crippen LogP contribution in [0.1, 0.15) is 36.2 Å². The van der Waals surface area contributed by atoms with E-state index in [0.29, 0.717) is 17.9 Å². The summed E-state index contributed by atoms with van der Waals surface area (Å²) in [7, 11) is 0. The van der Waals surface area contributed by atoms with Gasteiger partial charge in [0.1, 0.15) is 0 Å². The molecule has 3 amide bonds. The number of amides is 3. The van der Waals surface area contributed by atoms with E-state index in [1.54, 1.807) is 18.3 Å². The Balaban J connectivity index is 1.99. The fourth-order valence-corrected chi connectivity index (χ4v) is 2.37. The summed E-state index contributed by atoms with van der Waals surface area (Å²) in [4.78, 5) is 28.3. The zero-order valence-electron chi connectivity index (χ0n) is 15.9. The van der Waals surface area contributed by atoms with Gasteiger partial charge in [0.05, 0.1) is 0 Å². The second-order valence-corrected chi connectivity index (χ2v) is 6.73. The highest BCUT2D eigenvalue weighted by atomic mass is 16.2. The lowest BCUT2D eigenvalue weighted by Gasteiger charge is -2.13. The van der Waals surface area contributed by atoms with Gasteiger partial charge in [0.15, 0.2) is 0 Å². The summed E-state index contributed by atoms with van der Waals surface area (Å²) in [5.74, 6) is -0.169. The molecule has 26 heavy (non-hydrogen) atoms. The number of hydrogen-bond acceptors (Lipinski definition) is 3. The zero-order chi connectivity index (χ0) is 19.3. The zero-order valence-corrected chi connectivity index (χ0v) is 15.9. The summed E-state index contributed by atoms with van der Waals surface area (Å²) in [6.45, 7) is 9.90. The Labute approximate surface area is 154 Å². The van der Waals surface area contributed by atoms with Gasteiger partial charge in [0.2, 0.25) is 5.91 Å². The first kappa shape index (κ1) is 19.4. The number of hydrogen-bond donors (Lipinski definition) is 3. The van der Waals surface area contributed by atoms with Crippen LogP contribution in [-0.4, -0.2) is 16.9 Å². The normalized spacial score (nSPS) is 10.5. The highest BCUT2D eigenvalue weighted by molar-refractivity contribution is 5.95. The van der Waals surface area contributed by atoms with Gasteiger partial charge in [-0.2, -0.15) is 0 Å². The van der Waals surface area contributed by atoms with Crippen molar-refractivity contribution in [3.63, 3.8) is 0 Å². The first-order valence-corrected chi connectivity index (χ1v) is 8.64. The number of carbonyl (C=O) groups is 2. The molecule has 0 atom stereocenters. The Bertz CT molecular complexity index is 815. The third kappa shape index (κ3) is 5.31. The third-order valence-electron chi connectivity index (χ3n) is 4.07. The van der Waals surface area contributed by atoms with Crippen molar-refractivity contribution < 1.29 is 9.59 Å². The van der Waals surface area contributed by atoms with Gasteiger partial charge in [-0.1, -0.05) is 19.9 Å². The van der Waals surface area contributed by atoms with Crippen LogP contribution in [0.5, 0.6) is 0 Å². The number of benzene rings is 1. The number of rotatable bonds is 5. The quantitative estimate of drug-likeness (QED) is 0.761. The number of pyridine rings is 1. The van der Waals surface area contributed by atoms with Crippen molar-refractivity contribution in [2.75, 3.05) is 10.6 Å². The minimum atomic E-state index is -0.310. The van der Waals surface area contributed by atoms with E-state index in [0.717, 1.165) is 22.4 Å². The van der Waals surface area contributed by atoms with Crippen molar-refractivity contribution in [2.45, 2.75) is 41.2 Å². The molecule has 0 aliphatic carbocycles. The minimum Gasteiger partial charge on any atom is -0.334 e. The Morgan fingerprint density at radius 1 is 1.04 bits per heavy atom. The Morgan fingerprint density at radius 3 is 2.42 bits per heavy atom. The maximum atomic E-state index is 12.2. The number of aromatic nitrogens is 1. The maximum absolute atomic E-state index is 12.2. The van der Waals surface area contributed by atoms with Crippen molar-refractivity contribution >= 4 is 23.3 Å². The van der Waals surface area contributed by atoms with Gasteiger partial charge in [-0.05, 0) is 55.7 Å². The van der Waals surface area contributed by atoms with Crippen LogP contribution >= 0.6 is 0 Å². The van der Waals surface area contributed by atoms with Gasteiger partial charge < -0.3 is 16.0 Å². The SMILES string of the molecule is Cc1cc(C)c(CNC(=O)Nc2ccc(C)c(NC(=O)C(C)C)c2)cn1. The molecule has 1 aromatic heterocycles. The summed E-state index contributed by atoms with van der Waals surface area (Å²) in [6.07, 6.45) is 1.77. The van der Waals surface area contributed by atoms with Crippen molar-refractivity contribution in [1.82, 2.24) is 10.3 Å². The molecule has 2 rings (SSSR count). The molecule has 1 heterocycles. The first-order chi connectivity index (χ1) is 12.3. The molecule has 0 aliphatic rings. The molecule has 6 heteroatoms. The molecule has 1 aromatic carbocycles. The first-order valence-electron chi connectivity index (χ1n) is 8.64. The van der Waals surface area contributed by atoms with E-state index in [1.807, 2.05) is 46.8 Å². The fraction of sp³-hybridized carbons (Fsp3) is 0.350. The van der Waals surface area contributed by atoms with Crippen LogP contribution in [0.25, 0.3) is 0 Å². The Morgan fingerprint density at radius 2 is 1.77 bits per heavy atom. The number of anilines is 2. The molecular formula is C20H26N4O2. The summed E-state index contributed by atoms with van der Waals surface area (Å²) in [5, 5.41) is 8.49. The summed E-state index contributed by atoms with van der Waals surface area (Å²) < 4.78 is 0. The van der Waals surface area contributed by atoms with Crippen LogP contribution in [0.15, 0.2) is 30.5 Å². The molecule has 0 spiro atoms. The molecule has 0 saturated heterocycles. The monoisotopic (exact) mass is 354 g/mol. The summed E-state index contributed by atoms with van der Waals surface area (Å²) >= 11 is 0. The molecule has 2 aromatic rings. The summed E-state index contributed by atoms with van der Waals surface area (Å²) in [5.41, 5.74) is 5.26. The average Bonchev–Trinajstić information content (AvgIpc) is 2.57. The topological polar surface area (TPSA) is 83.1 Å². The molecule has 0 unspecified atom stereocenters. The molecule has 0 saturated carbocycles. The van der Waals surface area contributed by atoms with E-state index >= 15 is 0 Å². The van der Waals surface area contributed by atoms with Crippen LogP contribution in [0, 0.1) is 26.7 Å². The number of carbonyl (C=O) groups excluding carboxylic acids is 2. The predicted molar refractivity (Wildman–Crippen MR) is 104 cm³/mol. The second-order valence-electron chi connectivity index (χ2n) is 6.73. The van der Waals surface area contributed by atoms with Gasteiger partial charge in [0.25, 0.3) is 0 Å². The van der Waals surface area contributed by atoms with E-state index in [9.17, 15) is 9.59 Å². The Hall–Kier alpha value is -2.89. The standard InChI is InChI=1S/C20H26N4O2/c1-12(2)19(25)24-18-9-17(7-6-13(18)3)23-20(26)22-11-16-10-21-15(5)8-14(16)4/h6-10,12H,11H2,1-5H3,(H,24,25)(H2,22,23,26). The van der Waals surface area contributed by atoms with Crippen LogP contribution in [0.2, 0.25) is 0 Å². The van der Waals surface area contributed by atoms with Gasteiger partial charge in [-0.15, -0.1) is 0 Å². The predicted octanol–water partition coefficient (Wildman–Crippen LogP) is 3.92. The van der Waals surface area contributed by atoms with Crippen LogP contribution in [0.4, 0.5) is 16.2 Å². The maximum Gasteiger partial charge on any atom is 0.319 e. The number of nitrogens with zero attached hydrogens (tertiary/aromatic N) is 1. The molecule has 0 aliphatic heterocycles.